The van der Waals surface area contributed by atoms with Gasteiger partial charge >= 0.3 is 0 Å². The van der Waals surface area contributed by atoms with Crippen LogP contribution in [0.3, 0.4) is 0 Å². The molecule has 6 rings (SSSR count). The number of carbonyl (C=O) groups is 1. The zero-order chi connectivity index (χ0) is 36.0. The number of amides is 1. The lowest BCUT2D eigenvalue weighted by atomic mass is 9.68. The van der Waals surface area contributed by atoms with Gasteiger partial charge in [-0.2, -0.15) is 0 Å². The van der Waals surface area contributed by atoms with Crippen molar-refractivity contribution in [2.75, 3.05) is 57.4 Å². The lowest BCUT2D eigenvalue weighted by Gasteiger charge is -2.45. The van der Waals surface area contributed by atoms with Gasteiger partial charge in [-0.3, -0.25) is 9.69 Å². The maximum absolute atomic E-state index is 13.8. The Morgan fingerprint density at radius 2 is 2.00 bits per heavy atom. The van der Waals surface area contributed by atoms with Crippen molar-refractivity contribution >= 4 is 33.2 Å². The predicted octanol–water partition coefficient (Wildman–Crippen LogP) is 6.28. The van der Waals surface area contributed by atoms with E-state index in [1.807, 2.05) is 12.1 Å². The molecule has 11 heteroatoms. The number of aliphatic hydroxyl groups is 1. The Bertz CT molecular complexity index is 1680. The number of sulfonamides is 1. The molecule has 1 amide bonds. The van der Waals surface area contributed by atoms with Crippen LogP contribution in [0.2, 0.25) is 5.02 Å². The Hall–Kier alpha value is -2.89. The van der Waals surface area contributed by atoms with Crippen LogP contribution in [-0.2, 0) is 26.6 Å². The van der Waals surface area contributed by atoms with Gasteiger partial charge in [-0.1, -0.05) is 49.2 Å². The second-order valence-electron chi connectivity index (χ2n) is 14.9. The fourth-order valence-electron chi connectivity index (χ4n) is 8.35. The number of morpholine rings is 1. The average Bonchev–Trinajstić information content (AvgIpc) is 3.25. The lowest BCUT2D eigenvalue weighted by molar-refractivity contribution is 0.0375. The molecule has 2 aliphatic heterocycles. The minimum absolute atomic E-state index is 0.148. The zero-order valence-electron chi connectivity index (χ0n) is 29.9. The molecule has 2 aromatic rings. The molecule has 0 bridgehead atoms. The van der Waals surface area contributed by atoms with Crippen LogP contribution >= 0.6 is 11.6 Å². The third kappa shape index (κ3) is 8.84. The predicted molar refractivity (Wildman–Crippen MR) is 203 cm³/mol. The number of aryl methyl sites for hydroxylation is 1. The summed E-state index contributed by atoms with van der Waals surface area (Å²) in [6, 6.07) is 11.4. The first kappa shape index (κ1) is 37.9. The van der Waals surface area contributed by atoms with Crippen LogP contribution in [0.15, 0.2) is 61.2 Å². The molecule has 0 unspecified atom stereocenters. The number of carbonyl (C=O) groups excluding carboxylic acids is 1. The Kier molecular flexibility index (Phi) is 12.5. The van der Waals surface area contributed by atoms with E-state index < -0.39 is 27.3 Å². The number of halogens is 1. The Morgan fingerprint density at radius 1 is 1.18 bits per heavy atom. The number of hydrogen-bond acceptors (Lipinski definition) is 8. The summed E-state index contributed by atoms with van der Waals surface area (Å²) in [5.74, 6) is 0.418. The van der Waals surface area contributed by atoms with E-state index in [0.717, 1.165) is 55.7 Å². The molecule has 1 saturated carbocycles. The number of fused-ring (bicyclic) bond motifs is 3. The molecular formula is C40H54ClN3O6S. The first-order valence-electron chi connectivity index (χ1n) is 18.7. The molecule has 0 aromatic heterocycles. The van der Waals surface area contributed by atoms with Gasteiger partial charge in [0, 0.05) is 48.7 Å². The van der Waals surface area contributed by atoms with Crippen molar-refractivity contribution in [3.8, 4) is 5.75 Å². The first-order valence-corrected chi connectivity index (χ1v) is 20.7. The largest absolute Gasteiger partial charge is 0.490 e. The second-order valence-corrected chi connectivity index (χ2v) is 17.3. The summed E-state index contributed by atoms with van der Waals surface area (Å²) in [6.45, 7) is 10.5. The molecule has 9 nitrogen and oxygen atoms in total. The van der Waals surface area contributed by atoms with Gasteiger partial charge in [-0.25, -0.2) is 13.1 Å². The van der Waals surface area contributed by atoms with Crippen LogP contribution in [0, 0.1) is 11.8 Å². The number of aliphatic hydroxyl groups excluding tert-OH is 1. The van der Waals surface area contributed by atoms with Crippen LogP contribution in [0.25, 0.3) is 0 Å². The second kappa shape index (κ2) is 16.8. The van der Waals surface area contributed by atoms with Crippen LogP contribution in [0.1, 0.15) is 79.8 Å². The number of unbranched alkanes of at least 4 members (excludes halogenated alkanes) is 1. The van der Waals surface area contributed by atoms with E-state index in [1.54, 1.807) is 24.3 Å². The van der Waals surface area contributed by atoms with Gasteiger partial charge in [0.2, 0.25) is 10.0 Å². The normalized spacial score (nSPS) is 24.9. The van der Waals surface area contributed by atoms with E-state index in [4.69, 9.17) is 21.1 Å². The van der Waals surface area contributed by atoms with E-state index in [0.29, 0.717) is 71.1 Å². The molecule has 1 saturated heterocycles. The Morgan fingerprint density at radius 3 is 2.75 bits per heavy atom. The van der Waals surface area contributed by atoms with Gasteiger partial charge in [0.15, 0.2) is 0 Å². The van der Waals surface area contributed by atoms with Crippen molar-refractivity contribution in [1.82, 2.24) is 9.62 Å². The SMILES string of the molecule is C=CCC[C@H](CN1CCOCC1)S(=O)(=O)NC(=O)c1ccc2c(c1)N(C[C@@H]1CC[C@H]1[C@@H](O)/C=C/CCC)C[C@@]1(CCCc3cc(Cl)ccc31)CO2. The fraction of sp³-hybridized carbons (Fsp3) is 0.575. The van der Waals surface area contributed by atoms with Gasteiger partial charge in [0.05, 0.1) is 36.9 Å². The van der Waals surface area contributed by atoms with E-state index in [1.165, 1.54) is 11.1 Å². The molecule has 2 fully saturated rings. The topological polar surface area (TPSA) is 108 Å². The van der Waals surface area contributed by atoms with Gasteiger partial charge in [-0.15, -0.1) is 6.58 Å². The van der Waals surface area contributed by atoms with Crippen molar-refractivity contribution in [2.24, 2.45) is 11.8 Å². The lowest BCUT2D eigenvalue weighted by Crippen LogP contribution is -2.49. The Balaban J connectivity index is 1.28. The molecule has 4 aliphatic rings. The monoisotopic (exact) mass is 739 g/mol. The fourth-order valence-corrected chi connectivity index (χ4v) is 9.94. The van der Waals surface area contributed by atoms with Gasteiger partial charge < -0.3 is 19.5 Å². The maximum Gasteiger partial charge on any atom is 0.264 e. The third-order valence-electron chi connectivity index (χ3n) is 11.4. The quantitative estimate of drug-likeness (QED) is 0.218. The van der Waals surface area contributed by atoms with Crippen molar-refractivity contribution in [2.45, 2.75) is 81.5 Å². The molecule has 2 heterocycles. The third-order valence-corrected chi connectivity index (χ3v) is 13.4. The van der Waals surface area contributed by atoms with Crippen LogP contribution in [0.5, 0.6) is 5.75 Å². The van der Waals surface area contributed by atoms with Crippen molar-refractivity contribution < 1.29 is 27.8 Å². The van der Waals surface area contributed by atoms with Crippen LogP contribution in [0.4, 0.5) is 5.69 Å². The van der Waals surface area contributed by atoms with Gasteiger partial charge in [-0.05, 0) is 105 Å². The number of nitrogens with zero attached hydrogens (tertiary/aromatic N) is 2. The minimum atomic E-state index is -4.00. The molecule has 2 N–H and O–H groups in total. The number of ether oxygens (including phenoxy) is 2. The van der Waals surface area contributed by atoms with E-state index in [2.05, 4.69) is 46.2 Å². The standard InChI is InChI=1S/C40H54ClN3O6S/c1-3-5-7-11-37(45)34-15-12-31(34)25-44-27-40(18-8-9-29-23-32(41)14-16-35(29)40)28-50-38-17-13-30(24-36(38)44)39(46)42-51(47,48)33(10-6-4-2)26-43-19-21-49-22-20-43/h4,7,11,13-14,16-17,23-24,31,33-34,37,45H,2-3,5-6,8-10,12,15,18-22,25-28H2,1H3,(H,42,46)/b11-7+/t31-,33+,34+,37-,40-/m0/s1. The number of benzene rings is 2. The molecule has 278 valence electrons. The number of hydrogen-bond donors (Lipinski definition) is 2. The molecule has 0 radical (unpaired) electrons. The highest BCUT2D eigenvalue weighted by atomic mass is 35.5. The summed E-state index contributed by atoms with van der Waals surface area (Å²) in [4.78, 5) is 18.2. The smallest absolute Gasteiger partial charge is 0.264 e. The minimum Gasteiger partial charge on any atom is -0.490 e. The van der Waals surface area contributed by atoms with Crippen molar-refractivity contribution in [3.05, 3.63) is 82.9 Å². The highest BCUT2D eigenvalue weighted by Crippen LogP contribution is 2.46. The summed E-state index contributed by atoms with van der Waals surface area (Å²) in [7, 11) is -4.00. The Labute approximate surface area is 309 Å². The van der Waals surface area contributed by atoms with E-state index in [-0.39, 0.29) is 22.8 Å². The molecule has 2 aromatic carbocycles. The summed E-state index contributed by atoms with van der Waals surface area (Å²) in [6.07, 6.45) is 13.0. The highest BCUT2D eigenvalue weighted by molar-refractivity contribution is 7.90. The number of rotatable bonds is 14. The van der Waals surface area contributed by atoms with Gasteiger partial charge in [0.25, 0.3) is 5.91 Å². The van der Waals surface area contributed by atoms with Crippen LogP contribution < -0.4 is 14.4 Å². The molecular weight excluding hydrogens is 686 g/mol. The summed E-state index contributed by atoms with van der Waals surface area (Å²) in [5, 5.41) is 11.1. The number of anilines is 1. The molecule has 1 spiro atoms. The van der Waals surface area contributed by atoms with Gasteiger partial charge in [0.1, 0.15) is 5.75 Å². The van der Waals surface area contributed by atoms with Crippen molar-refractivity contribution in [1.29, 1.82) is 0 Å². The van der Waals surface area contributed by atoms with Crippen LogP contribution in [-0.4, -0.2) is 88.2 Å². The molecule has 2 aliphatic carbocycles. The van der Waals surface area contributed by atoms with Crippen molar-refractivity contribution in [3.63, 3.8) is 0 Å². The first-order chi connectivity index (χ1) is 24.6. The summed E-state index contributed by atoms with van der Waals surface area (Å²) >= 11 is 6.45. The zero-order valence-corrected chi connectivity index (χ0v) is 31.5. The highest BCUT2D eigenvalue weighted by Gasteiger charge is 2.44. The van der Waals surface area contributed by atoms with E-state index in [9.17, 15) is 18.3 Å². The van der Waals surface area contributed by atoms with E-state index >= 15 is 0 Å². The molecule has 5 atom stereocenters. The maximum atomic E-state index is 13.8. The number of allylic oxidation sites excluding steroid dienone is 2. The average molecular weight is 740 g/mol. The summed E-state index contributed by atoms with van der Waals surface area (Å²) < 4.78 is 42.0. The summed E-state index contributed by atoms with van der Waals surface area (Å²) in [5.41, 5.74) is 3.24. The molecule has 51 heavy (non-hydrogen) atoms. The number of nitrogens with one attached hydrogen (secondary N) is 1.